The van der Waals surface area contributed by atoms with E-state index < -0.39 is 18.1 Å². The molecule has 1 aliphatic heterocycles. The third-order valence-electron chi connectivity index (χ3n) is 15.7. The van der Waals surface area contributed by atoms with Gasteiger partial charge in [0.2, 0.25) is 0 Å². The highest BCUT2D eigenvalue weighted by Gasteiger charge is 2.25. The van der Waals surface area contributed by atoms with E-state index in [9.17, 15) is 2.74 Å². The van der Waals surface area contributed by atoms with Gasteiger partial charge in [0.05, 0.1) is 53.5 Å². The fraction of sp³-hybridized carbons (Fsp3) is 0.178. The first-order valence-corrected chi connectivity index (χ1v) is 27.2. The summed E-state index contributed by atoms with van der Waals surface area (Å²) in [6.07, 6.45) is 6.49. The predicted octanol–water partition coefficient (Wildman–Crippen LogP) is 18.0. The van der Waals surface area contributed by atoms with Crippen LogP contribution in [0.2, 0.25) is 0 Å². The van der Waals surface area contributed by atoms with Crippen LogP contribution in [0, 0.1) is 6.33 Å². The fourth-order valence-electron chi connectivity index (χ4n) is 11.7. The largest absolute Gasteiger partial charge is 0.372 e. The van der Waals surface area contributed by atoms with Gasteiger partial charge in [0.25, 0.3) is 6.33 Å². The molecule has 382 valence electrons. The molecular formula is C73H64N4O. The van der Waals surface area contributed by atoms with E-state index >= 15 is 0 Å². The zero-order valence-electron chi connectivity index (χ0n) is 50.3. The van der Waals surface area contributed by atoms with Gasteiger partial charge < -0.3 is 4.74 Å². The second kappa shape index (κ2) is 19.7. The lowest BCUT2D eigenvalue weighted by Gasteiger charge is -2.23. The topological polar surface area (TPSA) is 35.9 Å². The van der Waals surface area contributed by atoms with Crippen molar-refractivity contribution in [3.8, 4) is 61.7 Å². The first-order valence-electron chi connectivity index (χ1n) is 29.7. The maximum Gasteiger partial charge on any atom is 0.269 e. The van der Waals surface area contributed by atoms with E-state index in [-0.39, 0.29) is 34.9 Å². The van der Waals surface area contributed by atoms with E-state index in [1.807, 2.05) is 41.1 Å². The normalized spacial score (nSPS) is 13.6. The van der Waals surface area contributed by atoms with Crippen LogP contribution in [0.25, 0.3) is 94.5 Å². The van der Waals surface area contributed by atoms with E-state index in [4.69, 9.17) is 13.8 Å². The number of imidazole rings is 1. The summed E-state index contributed by atoms with van der Waals surface area (Å²) in [4.78, 5) is 5.02. The number of para-hydroxylation sites is 4. The molecule has 12 aromatic rings. The van der Waals surface area contributed by atoms with Crippen LogP contribution in [0.4, 0.5) is 0 Å². The van der Waals surface area contributed by atoms with Crippen molar-refractivity contribution < 1.29 is 16.2 Å². The minimum Gasteiger partial charge on any atom is -0.372 e. The number of hydrogen-bond acceptors (Lipinski definition) is 2. The summed E-state index contributed by atoms with van der Waals surface area (Å²) >= 11 is 0. The molecule has 3 aromatic heterocycles. The van der Waals surface area contributed by atoms with Crippen LogP contribution in [0.3, 0.4) is 0 Å². The van der Waals surface area contributed by atoms with Gasteiger partial charge in [-0.15, -0.1) is 0 Å². The molecule has 5 nitrogen and oxygen atoms in total. The molecule has 0 bridgehead atoms. The molecular weight excluding hydrogens is 949 g/mol. The Labute approximate surface area is 465 Å². The number of fused-ring (bicyclic) bond motifs is 5. The van der Waals surface area contributed by atoms with Crippen molar-refractivity contribution in [2.24, 2.45) is 0 Å². The Morgan fingerprint density at radius 2 is 1.26 bits per heavy atom. The quantitative estimate of drug-likeness (QED) is 0.0956. The van der Waals surface area contributed by atoms with Crippen LogP contribution in [0.15, 0.2) is 212 Å². The summed E-state index contributed by atoms with van der Waals surface area (Å²) < 4.78 is 57.7. The molecule has 0 radical (unpaired) electrons. The van der Waals surface area contributed by atoms with Crippen LogP contribution in [0.5, 0.6) is 0 Å². The first kappa shape index (κ1) is 43.5. The molecule has 9 aromatic carbocycles. The molecule has 0 aliphatic carbocycles. The lowest BCUT2D eigenvalue weighted by Crippen LogP contribution is -2.31. The third-order valence-corrected chi connectivity index (χ3v) is 15.7. The average molecular weight is 1020 g/mol. The van der Waals surface area contributed by atoms with E-state index in [1.165, 1.54) is 27.6 Å². The number of pyridine rings is 1. The van der Waals surface area contributed by atoms with E-state index in [2.05, 4.69) is 210 Å². The van der Waals surface area contributed by atoms with Crippen molar-refractivity contribution in [1.29, 1.82) is 0 Å². The Hall–Kier alpha value is -8.64. The maximum atomic E-state index is 9.44. The molecule has 5 heteroatoms. The molecule has 0 fully saturated rings. The van der Waals surface area contributed by atoms with Gasteiger partial charge in [-0.3, -0.25) is 13.7 Å². The number of aromatic nitrogens is 4. The van der Waals surface area contributed by atoms with Crippen LogP contribution in [-0.2, 0) is 29.8 Å². The number of hydrogen-bond donors (Lipinski definition) is 0. The lowest BCUT2D eigenvalue weighted by molar-refractivity contribution is -0.571. The highest BCUT2D eigenvalue weighted by Crippen LogP contribution is 2.42. The van der Waals surface area contributed by atoms with Crippen molar-refractivity contribution in [2.45, 2.75) is 85.4 Å². The number of benzene rings is 9. The van der Waals surface area contributed by atoms with Crippen LogP contribution in [0.1, 0.15) is 106 Å². The molecule has 0 N–H and O–H groups in total. The number of rotatable bonds is 11. The molecule has 0 unspecified atom stereocenters. The first-order chi connectivity index (χ1) is 40.0. The molecule has 0 saturated carbocycles. The monoisotopic (exact) mass is 1020 g/mol. The molecule has 1 aliphatic rings. The van der Waals surface area contributed by atoms with Crippen LogP contribution >= 0.6 is 0 Å². The molecule has 0 atom stereocenters. The van der Waals surface area contributed by atoms with E-state index in [1.54, 1.807) is 0 Å². The molecule has 13 rings (SSSR count). The fourth-order valence-corrected chi connectivity index (χ4v) is 11.7. The van der Waals surface area contributed by atoms with Crippen molar-refractivity contribution in [3.63, 3.8) is 0 Å². The van der Waals surface area contributed by atoms with Gasteiger partial charge in [-0.25, -0.2) is 4.98 Å². The summed E-state index contributed by atoms with van der Waals surface area (Å²) in [5.41, 5.74) is 20.3. The highest BCUT2D eigenvalue weighted by molar-refractivity contribution is 6.09. The molecule has 0 amide bonds. The average Bonchev–Trinajstić information content (AvgIpc) is 4.44. The Kier molecular flexibility index (Phi) is 11.0. The summed E-state index contributed by atoms with van der Waals surface area (Å²) in [6.45, 7) is 16.9. The van der Waals surface area contributed by atoms with Crippen LogP contribution in [-0.4, -0.2) is 14.1 Å². The molecule has 4 heterocycles. The van der Waals surface area contributed by atoms with Gasteiger partial charge in [0.1, 0.15) is 5.82 Å². The molecule has 0 saturated heterocycles. The summed E-state index contributed by atoms with van der Waals surface area (Å²) in [5, 5.41) is 2.33. The second-order valence-corrected chi connectivity index (χ2v) is 22.6. The van der Waals surface area contributed by atoms with Gasteiger partial charge in [-0.1, -0.05) is 218 Å². The smallest absolute Gasteiger partial charge is 0.269 e. The Morgan fingerprint density at radius 1 is 0.577 bits per heavy atom. The Morgan fingerprint density at radius 3 is 2.03 bits per heavy atom. The predicted molar refractivity (Wildman–Crippen MR) is 322 cm³/mol. The van der Waals surface area contributed by atoms with Gasteiger partial charge in [0.15, 0.2) is 0 Å². The Bertz CT molecular complexity index is 4510. The van der Waals surface area contributed by atoms with Crippen molar-refractivity contribution in [1.82, 2.24) is 14.1 Å². The van der Waals surface area contributed by atoms with Crippen LogP contribution < -0.4 is 4.57 Å². The lowest BCUT2D eigenvalue weighted by atomic mass is 9.82. The van der Waals surface area contributed by atoms with Gasteiger partial charge in [-0.05, 0) is 138 Å². The van der Waals surface area contributed by atoms with Gasteiger partial charge in [-0.2, -0.15) is 0 Å². The summed E-state index contributed by atoms with van der Waals surface area (Å²) in [6, 6.07) is 60.7. The van der Waals surface area contributed by atoms with Gasteiger partial charge in [0, 0.05) is 22.5 Å². The number of nitrogens with zero attached hydrogens (tertiary/aromatic N) is 4. The molecule has 78 heavy (non-hydrogen) atoms. The van der Waals surface area contributed by atoms with Crippen molar-refractivity contribution in [2.75, 3.05) is 0 Å². The third kappa shape index (κ3) is 8.82. The summed E-state index contributed by atoms with van der Waals surface area (Å²) in [5.74, 6) is 1.36. The number of ether oxygens (including phenoxy) is 1. The highest BCUT2D eigenvalue weighted by atomic mass is 16.5. The second-order valence-electron chi connectivity index (χ2n) is 22.6. The SMILES string of the molecule is [2H]c1c([2H])c([2H])c(-c2cccc(-c3cc(-c4ccccc4)cc(C(C)(C)C)c3)c2-[n+]2[c-]n(-c3cc(Cc4ccc5c6ccccc6n(-c6cc7c(cn6)COC7)c5c4)cc(-c4c(C(C)C)cccc4C(C)C)c3)c3ccccc32)c([2H])c1[2H]. The minimum absolute atomic E-state index is 0.119. The van der Waals surface area contributed by atoms with Crippen molar-refractivity contribution >= 4 is 32.8 Å². The van der Waals surface area contributed by atoms with Gasteiger partial charge >= 0.3 is 0 Å². The standard InChI is InChI=1S/C73H64N4O/c1-47(2)60-25-18-26-61(48(3)4)71(60)55-35-50(34-49-32-33-65-64-24-14-15-29-66(64)77(69(65)37-49)70-42-56-44-78-45-57(56)43-74-70)36-59(41-55)75-46-76(68-31-17-16-30-67(68)75)72-62(52-22-12-9-13-23-52)27-19-28-63(72)54-38-53(51-20-10-8-11-21-51)39-58(40-54)73(5,6)7/h8-33,35-43,47-48H,34,44-45H2,1-7H3/i9D,12D,13D,22D,23D. The zero-order valence-corrected chi connectivity index (χ0v) is 45.3. The van der Waals surface area contributed by atoms with E-state index in [0.717, 1.165) is 89.0 Å². The van der Waals surface area contributed by atoms with E-state index in [0.29, 0.717) is 30.9 Å². The summed E-state index contributed by atoms with van der Waals surface area (Å²) in [7, 11) is 0. The molecule has 0 spiro atoms. The Balaban J connectivity index is 1.06. The van der Waals surface area contributed by atoms with Crippen molar-refractivity contribution in [3.05, 3.63) is 258 Å². The maximum absolute atomic E-state index is 9.44. The zero-order chi connectivity index (χ0) is 57.6. The minimum atomic E-state index is -0.438.